The lowest BCUT2D eigenvalue weighted by Gasteiger charge is -2.20. The van der Waals surface area contributed by atoms with Gasteiger partial charge in [0.15, 0.2) is 0 Å². The Kier molecular flexibility index (Phi) is 4.50. The SMILES string of the molecule is O=C(N[C@@H]1CCN(C(=O)C2CCCC2)C1)c1ccc(O)cc1F. The van der Waals surface area contributed by atoms with Crippen LogP contribution in [0.2, 0.25) is 0 Å². The fourth-order valence-corrected chi connectivity index (χ4v) is 3.46. The maximum atomic E-state index is 13.7. The minimum Gasteiger partial charge on any atom is -0.508 e. The Hall–Kier alpha value is -2.11. The number of carbonyl (C=O) groups excluding carboxylic acids is 2. The summed E-state index contributed by atoms with van der Waals surface area (Å²) >= 11 is 0. The number of hydrogen-bond acceptors (Lipinski definition) is 3. The third kappa shape index (κ3) is 3.46. The van der Waals surface area contributed by atoms with Crippen molar-refractivity contribution in [1.82, 2.24) is 10.2 Å². The average molecular weight is 320 g/mol. The van der Waals surface area contributed by atoms with Gasteiger partial charge in [0, 0.05) is 31.1 Å². The van der Waals surface area contributed by atoms with E-state index in [4.69, 9.17) is 0 Å². The highest BCUT2D eigenvalue weighted by atomic mass is 19.1. The molecule has 2 fully saturated rings. The van der Waals surface area contributed by atoms with Crippen LogP contribution in [0.1, 0.15) is 42.5 Å². The number of likely N-dealkylation sites (tertiary alicyclic amines) is 1. The zero-order valence-electron chi connectivity index (χ0n) is 12.9. The Morgan fingerprint density at radius 2 is 1.96 bits per heavy atom. The molecule has 1 aliphatic heterocycles. The molecular formula is C17H21FN2O3. The van der Waals surface area contributed by atoms with Crippen molar-refractivity contribution in [2.45, 2.75) is 38.1 Å². The lowest BCUT2D eigenvalue weighted by molar-refractivity contribution is -0.134. The molecule has 1 saturated heterocycles. The van der Waals surface area contributed by atoms with Gasteiger partial charge in [0.2, 0.25) is 5.91 Å². The van der Waals surface area contributed by atoms with E-state index in [9.17, 15) is 19.1 Å². The molecule has 3 rings (SSSR count). The first kappa shape index (κ1) is 15.8. The van der Waals surface area contributed by atoms with Gasteiger partial charge >= 0.3 is 0 Å². The van der Waals surface area contributed by atoms with Crippen LogP contribution in [0.3, 0.4) is 0 Å². The van der Waals surface area contributed by atoms with E-state index in [1.54, 1.807) is 0 Å². The molecule has 1 aromatic carbocycles. The quantitative estimate of drug-likeness (QED) is 0.895. The second kappa shape index (κ2) is 6.56. The number of hydrogen-bond donors (Lipinski definition) is 2. The second-order valence-electron chi connectivity index (χ2n) is 6.39. The minimum atomic E-state index is -0.751. The first-order valence-corrected chi connectivity index (χ1v) is 8.13. The number of aromatic hydroxyl groups is 1. The van der Waals surface area contributed by atoms with Gasteiger partial charge in [-0.2, -0.15) is 0 Å². The molecule has 1 heterocycles. The van der Waals surface area contributed by atoms with Crippen LogP contribution in [0.4, 0.5) is 4.39 Å². The highest BCUT2D eigenvalue weighted by molar-refractivity contribution is 5.94. The molecule has 0 unspecified atom stereocenters. The van der Waals surface area contributed by atoms with E-state index in [1.165, 1.54) is 12.1 Å². The van der Waals surface area contributed by atoms with Gasteiger partial charge in [-0.25, -0.2) is 4.39 Å². The zero-order chi connectivity index (χ0) is 16.4. The lowest BCUT2D eigenvalue weighted by atomic mass is 10.1. The number of nitrogens with one attached hydrogen (secondary N) is 1. The Balaban J connectivity index is 1.57. The predicted molar refractivity (Wildman–Crippen MR) is 82.5 cm³/mol. The highest BCUT2D eigenvalue weighted by Gasteiger charge is 2.33. The van der Waals surface area contributed by atoms with Crippen LogP contribution >= 0.6 is 0 Å². The summed E-state index contributed by atoms with van der Waals surface area (Å²) in [4.78, 5) is 26.3. The molecular weight excluding hydrogens is 299 g/mol. The van der Waals surface area contributed by atoms with E-state index in [2.05, 4.69) is 5.32 Å². The molecule has 0 bridgehead atoms. The van der Waals surface area contributed by atoms with Gasteiger partial charge in [0.05, 0.1) is 5.56 Å². The van der Waals surface area contributed by atoms with Crippen molar-refractivity contribution in [3.8, 4) is 5.75 Å². The van der Waals surface area contributed by atoms with Crippen LogP contribution in [0, 0.1) is 11.7 Å². The van der Waals surface area contributed by atoms with E-state index in [1.807, 2.05) is 4.90 Å². The van der Waals surface area contributed by atoms with Gasteiger partial charge < -0.3 is 15.3 Å². The van der Waals surface area contributed by atoms with E-state index in [0.29, 0.717) is 19.5 Å². The number of benzene rings is 1. The molecule has 0 radical (unpaired) electrons. The van der Waals surface area contributed by atoms with Crippen LogP contribution in [-0.2, 0) is 4.79 Å². The minimum absolute atomic E-state index is 0.0941. The summed E-state index contributed by atoms with van der Waals surface area (Å²) in [6, 6.07) is 3.30. The van der Waals surface area contributed by atoms with E-state index in [-0.39, 0.29) is 29.2 Å². The smallest absolute Gasteiger partial charge is 0.254 e. The Morgan fingerprint density at radius 3 is 2.65 bits per heavy atom. The van der Waals surface area contributed by atoms with Crippen molar-refractivity contribution in [1.29, 1.82) is 0 Å². The molecule has 1 saturated carbocycles. The fraction of sp³-hybridized carbons (Fsp3) is 0.529. The highest BCUT2D eigenvalue weighted by Crippen LogP contribution is 2.28. The number of phenolic OH excluding ortho intramolecular Hbond substituents is 1. The van der Waals surface area contributed by atoms with Crippen molar-refractivity contribution in [3.05, 3.63) is 29.6 Å². The summed E-state index contributed by atoms with van der Waals surface area (Å²) in [7, 11) is 0. The molecule has 1 atom stereocenters. The van der Waals surface area contributed by atoms with Gasteiger partial charge in [-0.15, -0.1) is 0 Å². The summed E-state index contributed by atoms with van der Waals surface area (Å²) in [5.41, 5.74) is -0.0941. The predicted octanol–water partition coefficient (Wildman–Crippen LogP) is 2.05. The molecule has 6 heteroatoms. The number of carbonyl (C=O) groups is 2. The van der Waals surface area contributed by atoms with Crippen LogP contribution in [0.5, 0.6) is 5.75 Å². The van der Waals surface area contributed by atoms with E-state index < -0.39 is 11.7 Å². The molecule has 0 aromatic heterocycles. The van der Waals surface area contributed by atoms with Crippen molar-refractivity contribution in [2.75, 3.05) is 13.1 Å². The van der Waals surface area contributed by atoms with Gasteiger partial charge in [-0.3, -0.25) is 9.59 Å². The second-order valence-corrected chi connectivity index (χ2v) is 6.39. The Labute approximate surface area is 134 Å². The van der Waals surface area contributed by atoms with Gasteiger partial charge in [0.25, 0.3) is 5.91 Å². The molecule has 1 aliphatic carbocycles. The summed E-state index contributed by atoms with van der Waals surface area (Å²) < 4.78 is 13.7. The molecule has 2 N–H and O–H groups in total. The van der Waals surface area contributed by atoms with Crippen LogP contribution in [0.15, 0.2) is 18.2 Å². The molecule has 23 heavy (non-hydrogen) atoms. The number of rotatable bonds is 3. The molecule has 2 amide bonds. The Morgan fingerprint density at radius 1 is 1.22 bits per heavy atom. The molecule has 1 aromatic rings. The summed E-state index contributed by atoms with van der Waals surface area (Å²) in [6.07, 6.45) is 4.84. The van der Waals surface area contributed by atoms with E-state index in [0.717, 1.165) is 31.7 Å². The molecule has 5 nitrogen and oxygen atoms in total. The Bertz CT molecular complexity index is 614. The van der Waals surface area contributed by atoms with Crippen molar-refractivity contribution in [3.63, 3.8) is 0 Å². The summed E-state index contributed by atoms with van der Waals surface area (Å²) in [6.45, 7) is 1.12. The standard InChI is InChI=1S/C17H21FN2O3/c18-15-9-13(21)5-6-14(15)16(22)19-12-7-8-20(10-12)17(23)11-3-1-2-4-11/h5-6,9,11-12,21H,1-4,7-8,10H2,(H,19,22)/t12-/m1/s1. The third-order valence-corrected chi connectivity index (χ3v) is 4.74. The average Bonchev–Trinajstić information content (AvgIpc) is 3.17. The fourth-order valence-electron chi connectivity index (χ4n) is 3.46. The van der Waals surface area contributed by atoms with Crippen molar-refractivity contribution < 1.29 is 19.1 Å². The van der Waals surface area contributed by atoms with Crippen LogP contribution < -0.4 is 5.32 Å². The normalized spacial score (nSPS) is 21.6. The van der Waals surface area contributed by atoms with Crippen LogP contribution in [0.25, 0.3) is 0 Å². The summed E-state index contributed by atoms with van der Waals surface area (Å²) in [5.74, 6) is -1.15. The van der Waals surface area contributed by atoms with Crippen molar-refractivity contribution >= 4 is 11.8 Å². The monoisotopic (exact) mass is 320 g/mol. The number of halogens is 1. The van der Waals surface area contributed by atoms with Gasteiger partial charge in [-0.1, -0.05) is 12.8 Å². The molecule has 0 spiro atoms. The zero-order valence-corrected chi connectivity index (χ0v) is 12.9. The topological polar surface area (TPSA) is 69.6 Å². The number of amides is 2. The van der Waals surface area contributed by atoms with Gasteiger partial charge in [-0.05, 0) is 31.4 Å². The lowest BCUT2D eigenvalue weighted by Crippen LogP contribution is -2.40. The number of nitrogens with zero attached hydrogens (tertiary/aromatic N) is 1. The van der Waals surface area contributed by atoms with E-state index >= 15 is 0 Å². The van der Waals surface area contributed by atoms with Crippen LogP contribution in [-0.4, -0.2) is 41.0 Å². The molecule has 124 valence electrons. The maximum absolute atomic E-state index is 13.7. The third-order valence-electron chi connectivity index (χ3n) is 4.74. The van der Waals surface area contributed by atoms with Gasteiger partial charge in [0.1, 0.15) is 11.6 Å². The number of phenols is 1. The van der Waals surface area contributed by atoms with Crippen molar-refractivity contribution in [2.24, 2.45) is 5.92 Å². The summed E-state index contributed by atoms with van der Waals surface area (Å²) in [5, 5.41) is 12.0. The molecule has 2 aliphatic rings. The first-order chi connectivity index (χ1) is 11.0. The largest absolute Gasteiger partial charge is 0.508 e. The first-order valence-electron chi connectivity index (χ1n) is 8.13. The maximum Gasteiger partial charge on any atom is 0.254 e.